The Kier molecular flexibility index (Phi) is 17.4. The predicted octanol–water partition coefficient (Wildman–Crippen LogP) is 9.62. The fraction of sp³-hybridized carbons (Fsp3) is 0.155. The van der Waals surface area contributed by atoms with Crippen molar-refractivity contribution in [3.05, 3.63) is 269 Å². The second-order valence-corrected chi connectivity index (χ2v) is 23.9. The van der Waals surface area contributed by atoms with Crippen LogP contribution in [0.4, 0.5) is 91.8 Å². The Morgan fingerprint density at radius 3 is 1.11 bits per heavy atom. The molecule has 100 heavy (non-hydrogen) atoms. The number of fused-ring (bicyclic) bond motifs is 16. The van der Waals surface area contributed by atoms with Gasteiger partial charge in [-0.25, -0.2) is 99.1 Å². The van der Waals surface area contributed by atoms with Gasteiger partial charge in [-0.15, -0.1) is 56.7 Å². The van der Waals surface area contributed by atoms with E-state index >= 15 is 0 Å². The fourth-order valence-corrected chi connectivity index (χ4v) is 14.6. The summed E-state index contributed by atoms with van der Waals surface area (Å²) >= 11 is 0. The Morgan fingerprint density at radius 1 is 0.300 bits per heavy atom. The van der Waals surface area contributed by atoms with Crippen molar-refractivity contribution < 1.29 is 59.4 Å². The van der Waals surface area contributed by atoms with Crippen LogP contribution in [0.25, 0.3) is 0 Å². The van der Waals surface area contributed by atoms with E-state index in [0.29, 0.717) is 18.0 Å². The molecule has 22 heterocycles. The van der Waals surface area contributed by atoms with E-state index in [1.165, 1.54) is 39.2 Å². The maximum Gasteiger partial charge on any atom is 0.140 e. The second-order valence-electron chi connectivity index (χ2n) is 23.9. The van der Waals surface area contributed by atoms with Gasteiger partial charge in [0.2, 0.25) is 0 Å². The molecule has 29 heteroatoms. The molecule has 2 atom stereocenters. The molecule has 0 N–H and O–H groups in total. The largest absolute Gasteiger partial charge is 0.510 e. The predicted molar refractivity (Wildman–Crippen MR) is 357 cm³/mol. The van der Waals surface area contributed by atoms with E-state index in [0.717, 1.165) is 155 Å². The first-order valence-corrected chi connectivity index (χ1v) is 31.7. The molecular weight excluding hydrogens is 1790 g/mol. The first-order chi connectivity index (χ1) is 48.1. The molecule has 12 aromatic heterocycles. The summed E-state index contributed by atoms with van der Waals surface area (Å²) in [5.41, 5.74) is 19.8. The zero-order chi connectivity index (χ0) is 63.9. The zero-order valence-electron chi connectivity index (χ0n) is 52.6. The van der Waals surface area contributed by atoms with E-state index in [1.807, 2.05) is 107 Å². The van der Waals surface area contributed by atoms with E-state index in [1.54, 1.807) is 74.9 Å². The quantitative estimate of drug-likeness (QED) is 0.140. The zero-order valence-corrected chi connectivity index (χ0v) is 60.2. The van der Waals surface area contributed by atoms with E-state index < -0.39 is 0 Å². The Bertz CT molecular complexity index is 4410. The normalized spacial score (nSPS) is 17.7. The van der Waals surface area contributed by atoms with Gasteiger partial charge in [0.05, 0.1) is 47.6 Å². The van der Waals surface area contributed by atoms with Gasteiger partial charge in [-0.2, -0.15) is 0 Å². The number of pyridine rings is 6. The average Bonchev–Trinajstić information content (AvgIpc) is 1.52. The molecular formula is C71H51N26Os3-9. The smallest absolute Gasteiger partial charge is 0.140 e. The minimum atomic E-state index is 0. The number of anilines is 16. The molecule has 0 bridgehead atoms. The van der Waals surface area contributed by atoms with Crippen LogP contribution in [0, 0.1) is 57.5 Å². The Morgan fingerprint density at radius 2 is 0.650 bits per heavy atom. The number of hydrogen-bond acceptors (Lipinski definition) is 26. The molecule has 10 aliphatic heterocycles. The van der Waals surface area contributed by atoms with E-state index in [9.17, 15) is 0 Å². The van der Waals surface area contributed by atoms with E-state index in [2.05, 4.69) is 166 Å². The second kappa shape index (κ2) is 27.1. The van der Waals surface area contributed by atoms with Crippen molar-refractivity contribution in [1.29, 1.82) is 0 Å². The number of aromatic nitrogens is 18. The summed E-state index contributed by atoms with van der Waals surface area (Å²) in [5, 5.41) is 0. The van der Waals surface area contributed by atoms with Crippen LogP contribution in [0.15, 0.2) is 161 Å². The molecule has 22 rings (SSSR count). The van der Waals surface area contributed by atoms with Crippen LogP contribution in [0.2, 0.25) is 0 Å². The van der Waals surface area contributed by atoms with Crippen molar-refractivity contribution in [1.82, 2.24) is 89.7 Å². The number of nitrogens with zero attached hydrogens (tertiary/aromatic N) is 26. The van der Waals surface area contributed by atoms with Gasteiger partial charge in [0, 0.05) is 166 Å². The van der Waals surface area contributed by atoms with Crippen LogP contribution >= 0.6 is 0 Å². The van der Waals surface area contributed by atoms with Crippen LogP contribution in [0.1, 0.15) is 56.5 Å². The average molecular weight is 1840 g/mol. The molecule has 0 aliphatic carbocycles. The minimum Gasteiger partial charge on any atom is -0.510 e. The van der Waals surface area contributed by atoms with E-state index in [4.69, 9.17) is 0 Å². The molecule has 498 valence electrons. The SMILES string of the molecule is [Os].[Os].[Os].[c-]1c(N2[CH-]Cc3cccnc32)cncc1N1[CH-]Cc2cccnc21.[c-]1c(N2[CH-]Cc3nccnc32)cncc1N1[CH-]Cc2nccnc21.[c-]1c(N2[CH-]Cc3ncncc32)cncc1N1[CH-]Cc2ncncc21.c1ncc2c(n1)N1c3cncc4c3C(C1C2)C1Cc2cncnc2N41. The Hall–Kier alpha value is -10.3. The van der Waals surface area contributed by atoms with Gasteiger partial charge in [0.1, 0.15) is 60.2 Å². The molecule has 0 spiro atoms. The summed E-state index contributed by atoms with van der Waals surface area (Å²) < 4.78 is 0. The molecule has 0 saturated heterocycles. The first kappa shape index (κ1) is 64.4. The van der Waals surface area contributed by atoms with Crippen LogP contribution in [-0.2, 0) is 111 Å². The number of rotatable bonds is 6. The molecule has 26 nitrogen and oxygen atoms in total. The Balaban J connectivity index is 0.000000103. The summed E-state index contributed by atoms with van der Waals surface area (Å²) in [7, 11) is 0. The minimum absolute atomic E-state index is 0. The van der Waals surface area contributed by atoms with Crippen molar-refractivity contribution in [2.24, 2.45) is 0 Å². The van der Waals surface area contributed by atoms with E-state index in [-0.39, 0.29) is 59.4 Å². The molecule has 10 aliphatic rings. The molecule has 0 fully saturated rings. The van der Waals surface area contributed by atoms with Crippen molar-refractivity contribution in [2.45, 2.75) is 69.4 Å². The van der Waals surface area contributed by atoms with Crippen molar-refractivity contribution in [2.75, 3.05) is 39.2 Å². The summed E-state index contributed by atoms with van der Waals surface area (Å²) in [4.78, 5) is 95.6. The molecule has 0 radical (unpaired) electrons. The Labute approximate surface area is 614 Å². The van der Waals surface area contributed by atoms with Gasteiger partial charge in [-0.1, -0.05) is 83.4 Å². The third kappa shape index (κ3) is 11.1. The third-order valence-corrected chi connectivity index (χ3v) is 18.7. The van der Waals surface area contributed by atoms with Gasteiger partial charge >= 0.3 is 0 Å². The topological polar surface area (TPSA) is 258 Å². The van der Waals surface area contributed by atoms with Gasteiger partial charge in [-0.05, 0) is 36.1 Å². The molecule has 2 unspecified atom stereocenters. The van der Waals surface area contributed by atoms with Crippen molar-refractivity contribution >= 4 is 91.8 Å². The maximum atomic E-state index is 4.57. The summed E-state index contributed by atoms with van der Waals surface area (Å²) in [6, 6.07) is 19.2. The van der Waals surface area contributed by atoms with Crippen LogP contribution in [0.5, 0.6) is 0 Å². The summed E-state index contributed by atoms with van der Waals surface area (Å²) in [5.74, 6) is 6.11. The van der Waals surface area contributed by atoms with Crippen molar-refractivity contribution in [3.63, 3.8) is 0 Å². The summed E-state index contributed by atoms with van der Waals surface area (Å²) in [6.07, 6.45) is 46.0. The third-order valence-electron chi connectivity index (χ3n) is 18.7. The monoisotopic (exact) mass is 1840 g/mol. The van der Waals surface area contributed by atoms with Gasteiger partial charge in [0.15, 0.2) is 0 Å². The maximum absolute atomic E-state index is 4.57. The standard InChI is InChI=1S/C19H14N5.C18H13N7.2C17H12N7.3Os/c1-3-14-5-9-23(18(14)21-7-1)16-11-17(13-20-12-16)24-10-6-15-4-2-8-22-19(15)24;1-9-3-20-7-22-17(9)24-11(1)15-12-2-10-4-21-8-23-18(10)25(12)14-6-19-5-13(24)16(14)15;1-7-23(16-14(1)19-3-5-21-16)12-9-13(11-18-10-12)24-8-2-15-17(24)22-6-4-20-15;1-3-23(16-8-19-10-21-14(1)16)12-5-13(7-18-6-12)24-4-2-15-17(24)9-20-11-22-15;;;/h1-4,7-10,12-13H,5-6H2;3-8,11-12,15H,1-2H2;3-8,10-11H,1-2H2;3-4,6-11H,1-2H2;;;/q-3;;2*-3;;;. The molecule has 0 saturated carbocycles. The van der Waals surface area contributed by atoms with Crippen LogP contribution in [0.3, 0.4) is 0 Å². The molecule has 0 aromatic carbocycles. The fourth-order valence-electron chi connectivity index (χ4n) is 14.6. The van der Waals surface area contributed by atoms with Crippen LogP contribution < -0.4 is 39.2 Å². The molecule has 0 amide bonds. The van der Waals surface area contributed by atoms with Gasteiger partial charge in [-0.3, -0.25) is 15.0 Å². The van der Waals surface area contributed by atoms with Gasteiger partial charge < -0.3 is 54.2 Å². The number of hydrogen-bond donors (Lipinski definition) is 0. The van der Waals surface area contributed by atoms with Gasteiger partial charge in [0.25, 0.3) is 0 Å². The first-order valence-electron chi connectivity index (χ1n) is 31.7. The van der Waals surface area contributed by atoms with Crippen LogP contribution in [-0.4, -0.2) is 102 Å². The molecule has 12 aromatic rings. The van der Waals surface area contributed by atoms with Crippen molar-refractivity contribution in [3.8, 4) is 0 Å². The summed E-state index contributed by atoms with van der Waals surface area (Å²) in [6.45, 7) is 12.5.